The van der Waals surface area contributed by atoms with Gasteiger partial charge in [0.1, 0.15) is 5.84 Å². The van der Waals surface area contributed by atoms with Crippen LogP contribution in [0.2, 0.25) is 0 Å². The third kappa shape index (κ3) is 3.66. The summed E-state index contributed by atoms with van der Waals surface area (Å²) in [6.45, 7) is 6.29. The fourth-order valence-electron chi connectivity index (χ4n) is 1.90. The minimum absolute atomic E-state index is 0.147. The number of nitrogen functional groups attached to an aromatic ring is 1. The van der Waals surface area contributed by atoms with Crippen molar-refractivity contribution >= 4 is 5.84 Å². The summed E-state index contributed by atoms with van der Waals surface area (Å²) >= 11 is 0. The van der Waals surface area contributed by atoms with Gasteiger partial charge in [0.05, 0.1) is 0 Å². The van der Waals surface area contributed by atoms with Gasteiger partial charge in [-0.2, -0.15) is 0 Å². The zero-order valence-electron chi connectivity index (χ0n) is 10.3. The van der Waals surface area contributed by atoms with Crippen molar-refractivity contribution in [2.75, 3.05) is 13.6 Å². The van der Waals surface area contributed by atoms with Gasteiger partial charge < -0.3 is 10.6 Å². The lowest BCUT2D eigenvalue weighted by Gasteiger charge is -2.20. The van der Waals surface area contributed by atoms with E-state index in [4.69, 9.17) is 11.1 Å². The quantitative estimate of drug-likeness (QED) is 0.588. The molecule has 0 saturated carbocycles. The van der Waals surface area contributed by atoms with E-state index in [9.17, 15) is 0 Å². The first-order valence-corrected chi connectivity index (χ1v) is 5.61. The highest BCUT2D eigenvalue weighted by molar-refractivity contribution is 5.96. The number of benzene rings is 1. The predicted molar refractivity (Wildman–Crippen MR) is 68.6 cm³/mol. The average molecular weight is 219 g/mol. The molecule has 0 amide bonds. The van der Waals surface area contributed by atoms with Crippen LogP contribution in [-0.4, -0.2) is 24.3 Å². The molecule has 16 heavy (non-hydrogen) atoms. The van der Waals surface area contributed by atoms with Crippen molar-refractivity contribution in [3.63, 3.8) is 0 Å². The fourth-order valence-corrected chi connectivity index (χ4v) is 1.90. The maximum absolute atomic E-state index is 7.52. The molecule has 1 aromatic carbocycles. The van der Waals surface area contributed by atoms with E-state index in [-0.39, 0.29) is 5.84 Å². The van der Waals surface area contributed by atoms with E-state index >= 15 is 0 Å². The summed E-state index contributed by atoms with van der Waals surface area (Å²) in [4.78, 5) is 2.26. The van der Waals surface area contributed by atoms with Crippen LogP contribution >= 0.6 is 0 Å². The molecule has 0 aliphatic carbocycles. The second kappa shape index (κ2) is 5.66. The zero-order chi connectivity index (χ0) is 12.1. The van der Waals surface area contributed by atoms with E-state index in [0.717, 1.165) is 24.2 Å². The Labute approximate surface area is 97.8 Å². The Morgan fingerprint density at radius 1 is 1.38 bits per heavy atom. The molecule has 1 aromatic rings. The molecular weight excluding hydrogens is 198 g/mol. The van der Waals surface area contributed by atoms with E-state index in [2.05, 4.69) is 25.8 Å². The molecule has 0 bridgehead atoms. The van der Waals surface area contributed by atoms with Gasteiger partial charge in [0.25, 0.3) is 0 Å². The first-order valence-electron chi connectivity index (χ1n) is 5.61. The molecule has 3 nitrogen and oxygen atoms in total. The third-order valence-electron chi connectivity index (χ3n) is 2.42. The number of nitrogens with zero attached hydrogens (tertiary/aromatic N) is 1. The van der Waals surface area contributed by atoms with E-state index in [0.29, 0.717) is 5.92 Å². The highest BCUT2D eigenvalue weighted by atomic mass is 15.1. The van der Waals surface area contributed by atoms with Crippen LogP contribution in [0.4, 0.5) is 0 Å². The SMILES string of the molecule is CC(C)CN(C)Cc1ccccc1C(=N)N. The molecule has 0 radical (unpaired) electrons. The molecule has 3 N–H and O–H groups in total. The lowest BCUT2D eigenvalue weighted by molar-refractivity contribution is 0.288. The lowest BCUT2D eigenvalue weighted by Crippen LogP contribution is -2.24. The first kappa shape index (κ1) is 12.7. The fraction of sp³-hybridized carbons (Fsp3) is 0.462. The second-order valence-corrected chi connectivity index (χ2v) is 4.66. The Balaban J connectivity index is 2.76. The molecule has 0 aromatic heterocycles. The monoisotopic (exact) mass is 219 g/mol. The van der Waals surface area contributed by atoms with Gasteiger partial charge in [-0.05, 0) is 18.5 Å². The van der Waals surface area contributed by atoms with Gasteiger partial charge in [0.15, 0.2) is 0 Å². The molecule has 0 aliphatic heterocycles. The van der Waals surface area contributed by atoms with Gasteiger partial charge in [-0.15, -0.1) is 0 Å². The van der Waals surface area contributed by atoms with Gasteiger partial charge in [-0.3, -0.25) is 5.41 Å². The molecular formula is C13H21N3. The van der Waals surface area contributed by atoms with Crippen molar-refractivity contribution in [3.8, 4) is 0 Å². The van der Waals surface area contributed by atoms with Crippen molar-refractivity contribution in [3.05, 3.63) is 35.4 Å². The molecule has 0 unspecified atom stereocenters. The van der Waals surface area contributed by atoms with Gasteiger partial charge >= 0.3 is 0 Å². The summed E-state index contributed by atoms with van der Waals surface area (Å²) in [6, 6.07) is 7.85. The normalized spacial score (nSPS) is 11.1. The summed E-state index contributed by atoms with van der Waals surface area (Å²) in [6.07, 6.45) is 0. The Kier molecular flexibility index (Phi) is 4.50. The Hall–Kier alpha value is -1.35. The van der Waals surface area contributed by atoms with Crippen molar-refractivity contribution in [2.45, 2.75) is 20.4 Å². The van der Waals surface area contributed by atoms with E-state index in [1.54, 1.807) is 0 Å². The van der Waals surface area contributed by atoms with Crippen LogP contribution in [0.3, 0.4) is 0 Å². The van der Waals surface area contributed by atoms with Crippen molar-refractivity contribution < 1.29 is 0 Å². The standard InChI is InChI=1S/C13H21N3/c1-10(2)8-16(3)9-11-6-4-5-7-12(11)13(14)15/h4-7,10H,8-9H2,1-3H3,(H3,14,15). The lowest BCUT2D eigenvalue weighted by atomic mass is 10.1. The summed E-state index contributed by atoms with van der Waals surface area (Å²) in [7, 11) is 2.09. The maximum atomic E-state index is 7.52. The van der Waals surface area contributed by atoms with Crippen molar-refractivity contribution in [2.24, 2.45) is 11.7 Å². The average Bonchev–Trinajstić information content (AvgIpc) is 2.16. The Morgan fingerprint density at radius 3 is 2.56 bits per heavy atom. The molecule has 0 spiro atoms. The third-order valence-corrected chi connectivity index (χ3v) is 2.42. The number of hydrogen-bond acceptors (Lipinski definition) is 2. The smallest absolute Gasteiger partial charge is 0.123 e. The largest absolute Gasteiger partial charge is 0.384 e. The molecule has 0 aliphatic rings. The number of hydrogen-bond donors (Lipinski definition) is 2. The molecule has 0 heterocycles. The number of nitrogens with one attached hydrogen (secondary N) is 1. The number of amidine groups is 1. The van der Waals surface area contributed by atoms with Crippen LogP contribution in [0, 0.1) is 11.3 Å². The number of rotatable bonds is 5. The minimum Gasteiger partial charge on any atom is -0.384 e. The van der Waals surface area contributed by atoms with E-state index in [1.165, 1.54) is 0 Å². The molecule has 0 saturated heterocycles. The second-order valence-electron chi connectivity index (χ2n) is 4.66. The van der Waals surface area contributed by atoms with E-state index in [1.807, 2.05) is 24.3 Å². The van der Waals surface area contributed by atoms with Crippen LogP contribution in [0.15, 0.2) is 24.3 Å². The Morgan fingerprint density at radius 2 is 2.00 bits per heavy atom. The molecule has 0 fully saturated rings. The number of nitrogens with two attached hydrogens (primary N) is 1. The Bertz CT molecular complexity index is 358. The highest BCUT2D eigenvalue weighted by Gasteiger charge is 2.08. The van der Waals surface area contributed by atoms with Gasteiger partial charge in [0, 0.05) is 18.7 Å². The minimum atomic E-state index is 0.147. The first-order chi connectivity index (χ1) is 7.50. The van der Waals surface area contributed by atoms with Crippen molar-refractivity contribution in [1.29, 1.82) is 5.41 Å². The van der Waals surface area contributed by atoms with Crippen LogP contribution in [0.25, 0.3) is 0 Å². The maximum Gasteiger partial charge on any atom is 0.123 e. The van der Waals surface area contributed by atoms with Gasteiger partial charge in [0.2, 0.25) is 0 Å². The van der Waals surface area contributed by atoms with Crippen LogP contribution in [-0.2, 0) is 6.54 Å². The molecule has 0 atom stereocenters. The summed E-state index contributed by atoms with van der Waals surface area (Å²) in [5, 5.41) is 7.52. The topological polar surface area (TPSA) is 53.1 Å². The van der Waals surface area contributed by atoms with Crippen molar-refractivity contribution in [1.82, 2.24) is 4.90 Å². The molecule has 3 heteroatoms. The predicted octanol–water partition coefficient (Wildman–Crippen LogP) is 2.06. The van der Waals surface area contributed by atoms with Crippen LogP contribution < -0.4 is 5.73 Å². The molecule has 1 rings (SSSR count). The summed E-state index contributed by atoms with van der Waals surface area (Å²) in [5.74, 6) is 0.794. The van der Waals surface area contributed by atoms with Gasteiger partial charge in [-0.25, -0.2) is 0 Å². The summed E-state index contributed by atoms with van der Waals surface area (Å²) in [5.41, 5.74) is 7.53. The molecule has 88 valence electrons. The van der Waals surface area contributed by atoms with Crippen LogP contribution in [0.1, 0.15) is 25.0 Å². The van der Waals surface area contributed by atoms with E-state index < -0.39 is 0 Å². The summed E-state index contributed by atoms with van der Waals surface area (Å²) < 4.78 is 0. The zero-order valence-corrected chi connectivity index (χ0v) is 10.3. The van der Waals surface area contributed by atoms with Crippen LogP contribution in [0.5, 0.6) is 0 Å². The highest BCUT2D eigenvalue weighted by Crippen LogP contribution is 2.11. The van der Waals surface area contributed by atoms with Gasteiger partial charge in [-0.1, -0.05) is 38.1 Å².